The Morgan fingerprint density at radius 3 is 2.09 bits per heavy atom. The molecule has 0 spiro atoms. The third-order valence-corrected chi connectivity index (χ3v) is 2.34. The second kappa shape index (κ2) is 3.53. The van der Waals surface area contributed by atoms with Gasteiger partial charge in [-0.1, -0.05) is 53.0 Å². The summed E-state index contributed by atoms with van der Waals surface area (Å²) in [6.45, 7) is 0. The van der Waals surface area contributed by atoms with Crippen LogP contribution in [0.2, 0.25) is 5.02 Å². The smallest absolute Gasteiger partial charge is 0.0839 e. The monoisotopic (exact) mass is 272 g/mol. The van der Waals surface area contributed by atoms with Crippen molar-refractivity contribution in [3.05, 3.63) is 34.9 Å². The highest BCUT2D eigenvalue weighted by atomic mass is 79.9. The van der Waals surface area contributed by atoms with E-state index in [1.807, 2.05) is 12.1 Å². The summed E-state index contributed by atoms with van der Waals surface area (Å²) in [6, 6.07) is 7.13. The Hall–Kier alpha value is 0.570. The summed E-state index contributed by atoms with van der Waals surface area (Å²) in [5.41, 5.74) is 0.657. The maximum absolute atomic E-state index is 5.81. The van der Waals surface area contributed by atoms with E-state index >= 15 is 0 Å². The molecule has 0 aliphatic rings. The first-order chi connectivity index (χ1) is 5.02. The maximum atomic E-state index is 5.81. The Bertz CT molecular complexity index is 254. The summed E-state index contributed by atoms with van der Waals surface area (Å²) in [7, 11) is 0. The van der Waals surface area contributed by atoms with Crippen molar-refractivity contribution < 1.29 is 0 Å². The molecule has 0 amide bonds. The van der Waals surface area contributed by atoms with Gasteiger partial charge in [-0.15, -0.1) is 0 Å². The zero-order chi connectivity index (χ0) is 8.48. The zero-order valence-corrected chi connectivity index (χ0v) is 9.18. The van der Waals surface area contributed by atoms with Crippen molar-refractivity contribution in [3.63, 3.8) is 0 Å². The van der Waals surface area contributed by atoms with Gasteiger partial charge in [-0.2, -0.15) is 0 Å². The van der Waals surface area contributed by atoms with Crippen LogP contribution in [0.25, 0.3) is 0 Å². The van der Waals surface area contributed by atoms with Crippen LogP contribution in [0.4, 0.5) is 0 Å². The van der Waals surface area contributed by atoms with E-state index in [1.54, 1.807) is 12.1 Å². The quantitative estimate of drug-likeness (QED) is 0.669. The molecule has 0 nitrogen and oxygen atoms in total. The average Bonchev–Trinajstić information content (AvgIpc) is 1.86. The SMILES string of the molecule is Clc1ccccc1C(Cl)(Cl)Br. The van der Waals surface area contributed by atoms with Crippen molar-refractivity contribution in [2.45, 2.75) is 3.24 Å². The molecule has 0 fully saturated rings. The van der Waals surface area contributed by atoms with Gasteiger partial charge in [0.25, 0.3) is 0 Å². The average molecular weight is 274 g/mol. The molecule has 1 aromatic carbocycles. The fourth-order valence-electron chi connectivity index (χ4n) is 0.691. The zero-order valence-electron chi connectivity index (χ0n) is 5.32. The van der Waals surface area contributed by atoms with Gasteiger partial charge in [-0.3, -0.25) is 0 Å². The van der Waals surface area contributed by atoms with Crippen LogP contribution in [0.3, 0.4) is 0 Å². The Labute approximate surface area is 88.6 Å². The van der Waals surface area contributed by atoms with E-state index in [2.05, 4.69) is 15.9 Å². The summed E-state index contributed by atoms with van der Waals surface area (Å²) in [4.78, 5) is 0. The summed E-state index contributed by atoms with van der Waals surface area (Å²) < 4.78 is -1.09. The Balaban J connectivity index is 3.14. The van der Waals surface area contributed by atoms with Crippen molar-refractivity contribution in [2.75, 3.05) is 0 Å². The van der Waals surface area contributed by atoms with E-state index < -0.39 is 3.24 Å². The highest BCUT2D eigenvalue weighted by Crippen LogP contribution is 2.43. The molecule has 0 bridgehead atoms. The van der Waals surface area contributed by atoms with E-state index in [0.29, 0.717) is 10.6 Å². The van der Waals surface area contributed by atoms with Crippen LogP contribution in [0.15, 0.2) is 24.3 Å². The van der Waals surface area contributed by atoms with Crippen molar-refractivity contribution in [2.24, 2.45) is 0 Å². The van der Waals surface area contributed by atoms with E-state index in [1.165, 1.54) is 0 Å². The molecular formula is C7H4BrCl3. The third kappa shape index (κ3) is 2.51. The van der Waals surface area contributed by atoms with Gasteiger partial charge in [0.1, 0.15) is 0 Å². The highest BCUT2D eigenvalue weighted by molar-refractivity contribution is 9.10. The van der Waals surface area contributed by atoms with Crippen molar-refractivity contribution >= 4 is 50.7 Å². The molecule has 60 valence electrons. The lowest BCUT2D eigenvalue weighted by molar-refractivity contribution is 1.29. The molecule has 0 saturated heterocycles. The Morgan fingerprint density at radius 1 is 1.18 bits per heavy atom. The molecule has 0 aliphatic heterocycles. The first kappa shape index (κ1) is 9.66. The lowest BCUT2D eigenvalue weighted by atomic mass is 10.2. The van der Waals surface area contributed by atoms with Crippen LogP contribution in [0.1, 0.15) is 5.56 Å². The predicted octanol–water partition coefficient (Wildman–Crippen LogP) is 4.32. The minimum absolute atomic E-state index is 0.550. The van der Waals surface area contributed by atoms with Gasteiger partial charge >= 0.3 is 0 Å². The maximum Gasteiger partial charge on any atom is 0.198 e. The van der Waals surface area contributed by atoms with Crippen molar-refractivity contribution in [3.8, 4) is 0 Å². The molecule has 4 heteroatoms. The second-order valence-corrected chi connectivity index (χ2v) is 5.81. The number of hydrogen-bond acceptors (Lipinski definition) is 0. The van der Waals surface area contributed by atoms with Crippen molar-refractivity contribution in [1.29, 1.82) is 0 Å². The van der Waals surface area contributed by atoms with Crippen LogP contribution in [0, 0.1) is 0 Å². The molecule has 0 aliphatic carbocycles. The fraction of sp³-hybridized carbons (Fsp3) is 0.143. The fourth-order valence-corrected chi connectivity index (χ4v) is 1.85. The van der Waals surface area contributed by atoms with Crippen LogP contribution < -0.4 is 0 Å². The Kier molecular flexibility index (Phi) is 3.10. The van der Waals surface area contributed by atoms with Gasteiger partial charge in [0.05, 0.1) is 0 Å². The van der Waals surface area contributed by atoms with Gasteiger partial charge in [0, 0.05) is 10.6 Å². The van der Waals surface area contributed by atoms with Gasteiger partial charge < -0.3 is 0 Å². The lowest BCUT2D eigenvalue weighted by Gasteiger charge is -2.12. The number of alkyl halides is 3. The highest BCUT2D eigenvalue weighted by Gasteiger charge is 2.24. The Morgan fingerprint density at radius 2 is 1.73 bits per heavy atom. The largest absolute Gasteiger partial charge is 0.198 e. The number of halogens is 4. The van der Waals surface area contributed by atoms with Gasteiger partial charge in [0.15, 0.2) is 3.24 Å². The molecular weight excluding hydrogens is 270 g/mol. The number of hydrogen-bond donors (Lipinski definition) is 0. The molecule has 0 saturated carbocycles. The minimum atomic E-state index is -1.09. The second-order valence-electron chi connectivity index (χ2n) is 1.98. The molecule has 0 unspecified atom stereocenters. The predicted molar refractivity (Wildman–Crippen MR) is 53.8 cm³/mol. The van der Waals surface area contributed by atoms with Gasteiger partial charge in [0.2, 0.25) is 0 Å². The normalized spacial score (nSPS) is 11.6. The number of rotatable bonds is 1. The van der Waals surface area contributed by atoms with E-state index in [-0.39, 0.29) is 0 Å². The topological polar surface area (TPSA) is 0 Å². The standard InChI is InChI=1S/C7H4BrCl3/c8-7(10,11)5-3-1-2-4-6(5)9/h1-4H. The molecule has 0 radical (unpaired) electrons. The minimum Gasteiger partial charge on any atom is -0.0839 e. The first-order valence-corrected chi connectivity index (χ1v) is 4.76. The lowest BCUT2D eigenvalue weighted by Crippen LogP contribution is -1.99. The van der Waals surface area contributed by atoms with Gasteiger partial charge in [-0.25, -0.2) is 0 Å². The van der Waals surface area contributed by atoms with Gasteiger partial charge in [-0.05, 0) is 22.0 Å². The van der Waals surface area contributed by atoms with Crippen LogP contribution in [0.5, 0.6) is 0 Å². The summed E-state index contributed by atoms with van der Waals surface area (Å²) >= 11 is 20.4. The molecule has 0 atom stereocenters. The van der Waals surface area contributed by atoms with E-state index in [0.717, 1.165) is 0 Å². The molecule has 0 aromatic heterocycles. The van der Waals surface area contributed by atoms with Crippen LogP contribution in [-0.2, 0) is 3.24 Å². The van der Waals surface area contributed by atoms with Crippen molar-refractivity contribution in [1.82, 2.24) is 0 Å². The van der Waals surface area contributed by atoms with Crippen LogP contribution in [-0.4, -0.2) is 0 Å². The third-order valence-electron chi connectivity index (χ3n) is 1.18. The molecule has 1 aromatic rings. The summed E-state index contributed by atoms with van der Waals surface area (Å²) in [5, 5.41) is 0.550. The van der Waals surface area contributed by atoms with E-state index in [4.69, 9.17) is 34.8 Å². The summed E-state index contributed by atoms with van der Waals surface area (Å²) in [5.74, 6) is 0. The molecule has 11 heavy (non-hydrogen) atoms. The molecule has 0 heterocycles. The molecule has 0 N–H and O–H groups in total. The number of benzene rings is 1. The molecule has 1 rings (SSSR count). The summed E-state index contributed by atoms with van der Waals surface area (Å²) in [6.07, 6.45) is 0. The van der Waals surface area contributed by atoms with E-state index in [9.17, 15) is 0 Å². The van der Waals surface area contributed by atoms with Crippen LogP contribution >= 0.6 is 50.7 Å². The first-order valence-electron chi connectivity index (χ1n) is 2.83.